The van der Waals surface area contributed by atoms with Gasteiger partial charge in [0.15, 0.2) is 0 Å². The molecule has 6 heteroatoms. The largest absolute Gasteiger partial charge is 0.508 e. The average Bonchev–Trinajstić information content (AvgIpc) is 2.41. The first-order valence-corrected chi connectivity index (χ1v) is 8.62. The summed E-state index contributed by atoms with van der Waals surface area (Å²) in [5.41, 5.74) is -1.54. The van der Waals surface area contributed by atoms with Crippen LogP contribution in [0.5, 0.6) is 0 Å². The Hall–Kier alpha value is -1.46. The number of carbonyl (C=O) groups excluding carboxylic acids is 2. The minimum Gasteiger partial charge on any atom is -0.434 e. The van der Waals surface area contributed by atoms with Crippen molar-refractivity contribution in [3.8, 4) is 0 Å². The molecule has 0 saturated heterocycles. The first kappa shape index (κ1) is 20.6. The van der Waals surface area contributed by atoms with Gasteiger partial charge in [0.05, 0.1) is 0 Å². The average molecular weight is 344 g/mol. The third kappa shape index (κ3) is 8.41. The Labute approximate surface area is 145 Å². The van der Waals surface area contributed by atoms with E-state index >= 15 is 0 Å². The van der Waals surface area contributed by atoms with E-state index in [2.05, 4.69) is 0 Å². The zero-order chi connectivity index (χ0) is 18.4. The number of hydrogen-bond acceptors (Lipinski definition) is 6. The van der Waals surface area contributed by atoms with Gasteiger partial charge in [0.25, 0.3) is 0 Å². The molecule has 0 spiro atoms. The quantitative estimate of drug-likeness (QED) is 0.680. The number of hydrogen-bond donors (Lipinski definition) is 0. The molecule has 1 saturated carbocycles. The first-order valence-electron chi connectivity index (χ1n) is 8.62. The Morgan fingerprint density at radius 3 is 1.46 bits per heavy atom. The van der Waals surface area contributed by atoms with Gasteiger partial charge in [-0.1, -0.05) is 19.3 Å². The molecule has 24 heavy (non-hydrogen) atoms. The molecule has 0 aliphatic heterocycles. The van der Waals surface area contributed by atoms with Gasteiger partial charge in [0.2, 0.25) is 0 Å². The van der Waals surface area contributed by atoms with Crippen LogP contribution in [0.3, 0.4) is 0 Å². The summed E-state index contributed by atoms with van der Waals surface area (Å²) in [5, 5.41) is 0. The van der Waals surface area contributed by atoms with Gasteiger partial charge in [-0.15, -0.1) is 0 Å². The van der Waals surface area contributed by atoms with Gasteiger partial charge < -0.3 is 18.9 Å². The fourth-order valence-electron chi connectivity index (χ4n) is 2.62. The smallest absolute Gasteiger partial charge is 0.434 e. The molecule has 1 fully saturated rings. The summed E-state index contributed by atoms with van der Waals surface area (Å²) in [5.74, 6) is 0. The fraction of sp³-hybridized carbons (Fsp3) is 0.889. The van der Waals surface area contributed by atoms with Gasteiger partial charge in [0, 0.05) is 5.41 Å². The lowest BCUT2D eigenvalue weighted by Gasteiger charge is -2.36. The van der Waals surface area contributed by atoms with E-state index < -0.39 is 23.5 Å². The van der Waals surface area contributed by atoms with Crippen molar-refractivity contribution in [3.05, 3.63) is 0 Å². The van der Waals surface area contributed by atoms with Crippen LogP contribution in [-0.2, 0) is 18.9 Å². The predicted molar refractivity (Wildman–Crippen MR) is 89.9 cm³/mol. The second-order valence-corrected chi connectivity index (χ2v) is 8.57. The monoisotopic (exact) mass is 344 g/mol. The lowest BCUT2D eigenvalue weighted by molar-refractivity contribution is -0.0622. The fourth-order valence-corrected chi connectivity index (χ4v) is 2.62. The molecule has 0 heterocycles. The van der Waals surface area contributed by atoms with Crippen molar-refractivity contribution in [1.82, 2.24) is 0 Å². The number of ether oxygens (including phenoxy) is 4. The van der Waals surface area contributed by atoms with Crippen molar-refractivity contribution in [2.45, 2.75) is 84.8 Å². The van der Waals surface area contributed by atoms with Crippen molar-refractivity contribution in [1.29, 1.82) is 0 Å². The highest BCUT2D eigenvalue weighted by Gasteiger charge is 2.36. The maximum atomic E-state index is 11.8. The standard InChI is InChI=1S/C18H32O6/c1-16(2,3)23-14(19)21-12-18(10-8-7-9-11-18)13-22-15(20)24-17(4,5)6/h7-13H2,1-6H3. The van der Waals surface area contributed by atoms with Crippen LogP contribution in [0.4, 0.5) is 9.59 Å². The molecular weight excluding hydrogens is 312 g/mol. The van der Waals surface area contributed by atoms with Crippen LogP contribution in [-0.4, -0.2) is 36.7 Å². The van der Waals surface area contributed by atoms with Crippen LogP contribution in [0.15, 0.2) is 0 Å². The molecule has 0 aromatic rings. The van der Waals surface area contributed by atoms with E-state index in [1.807, 2.05) is 0 Å². The topological polar surface area (TPSA) is 71.1 Å². The third-order valence-electron chi connectivity index (χ3n) is 3.69. The van der Waals surface area contributed by atoms with Gasteiger partial charge in [0.1, 0.15) is 24.4 Å². The molecule has 0 amide bonds. The summed E-state index contributed by atoms with van der Waals surface area (Å²) in [4.78, 5) is 23.6. The van der Waals surface area contributed by atoms with E-state index in [1.54, 1.807) is 41.5 Å². The Morgan fingerprint density at radius 1 is 0.750 bits per heavy atom. The van der Waals surface area contributed by atoms with Crippen molar-refractivity contribution in [2.75, 3.05) is 13.2 Å². The van der Waals surface area contributed by atoms with E-state index in [1.165, 1.54) is 0 Å². The summed E-state index contributed by atoms with van der Waals surface area (Å²) in [7, 11) is 0. The Morgan fingerprint density at radius 2 is 1.12 bits per heavy atom. The molecule has 0 aromatic heterocycles. The summed E-state index contributed by atoms with van der Waals surface area (Å²) in [6, 6.07) is 0. The second kappa shape index (κ2) is 8.08. The van der Waals surface area contributed by atoms with Crippen LogP contribution in [0, 0.1) is 5.41 Å². The van der Waals surface area contributed by atoms with Crippen LogP contribution in [0.25, 0.3) is 0 Å². The van der Waals surface area contributed by atoms with Crippen molar-refractivity contribution in [3.63, 3.8) is 0 Å². The van der Waals surface area contributed by atoms with Crippen molar-refractivity contribution >= 4 is 12.3 Å². The van der Waals surface area contributed by atoms with E-state index in [0.717, 1.165) is 32.1 Å². The van der Waals surface area contributed by atoms with Crippen molar-refractivity contribution in [2.24, 2.45) is 5.41 Å². The zero-order valence-corrected chi connectivity index (χ0v) is 15.9. The summed E-state index contributed by atoms with van der Waals surface area (Å²) in [6.07, 6.45) is 3.50. The molecule has 140 valence electrons. The summed E-state index contributed by atoms with van der Waals surface area (Å²) >= 11 is 0. The highest BCUT2D eigenvalue weighted by molar-refractivity contribution is 5.61. The molecule has 1 rings (SSSR count). The lowest BCUT2D eigenvalue weighted by Crippen LogP contribution is -2.38. The summed E-state index contributed by atoms with van der Waals surface area (Å²) in [6.45, 7) is 11.1. The predicted octanol–water partition coefficient (Wildman–Crippen LogP) is 4.84. The molecular formula is C18H32O6. The Kier molecular flexibility index (Phi) is 6.93. The van der Waals surface area contributed by atoms with Gasteiger partial charge in [-0.05, 0) is 54.4 Å². The highest BCUT2D eigenvalue weighted by Crippen LogP contribution is 2.37. The number of rotatable bonds is 4. The van der Waals surface area contributed by atoms with Gasteiger partial charge in [-0.25, -0.2) is 9.59 Å². The SMILES string of the molecule is CC(C)(C)OC(=O)OCC1(COC(=O)OC(C)(C)C)CCCCC1. The molecule has 0 unspecified atom stereocenters. The number of carbonyl (C=O) groups is 2. The maximum Gasteiger partial charge on any atom is 0.508 e. The molecule has 1 aliphatic rings. The van der Waals surface area contributed by atoms with Gasteiger partial charge >= 0.3 is 12.3 Å². The van der Waals surface area contributed by atoms with Crippen LogP contribution in [0.2, 0.25) is 0 Å². The zero-order valence-electron chi connectivity index (χ0n) is 15.9. The molecule has 0 atom stereocenters. The van der Waals surface area contributed by atoms with Crippen LogP contribution in [0.1, 0.15) is 73.6 Å². The van der Waals surface area contributed by atoms with E-state index in [9.17, 15) is 9.59 Å². The normalized spacial score (nSPS) is 17.8. The Balaban J connectivity index is 2.56. The second-order valence-electron chi connectivity index (χ2n) is 8.57. The van der Waals surface area contributed by atoms with E-state index in [-0.39, 0.29) is 18.6 Å². The van der Waals surface area contributed by atoms with Gasteiger partial charge in [-0.2, -0.15) is 0 Å². The molecule has 0 aromatic carbocycles. The van der Waals surface area contributed by atoms with Gasteiger partial charge in [-0.3, -0.25) is 0 Å². The van der Waals surface area contributed by atoms with Crippen LogP contribution >= 0.6 is 0 Å². The summed E-state index contributed by atoms with van der Waals surface area (Å²) < 4.78 is 20.9. The van der Waals surface area contributed by atoms with Crippen molar-refractivity contribution < 1.29 is 28.5 Å². The molecule has 6 nitrogen and oxygen atoms in total. The third-order valence-corrected chi connectivity index (χ3v) is 3.69. The van der Waals surface area contributed by atoms with Crippen LogP contribution < -0.4 is 0 Å². The highest BCUT2D eigenvalue weighted by atomic mass is 16.7. The molecule has 1 aliphatic carbocycles. The van der Waals surface area contributed by atoms with E-state index in [4.69, 9.17) is 18.9 Å². The lowest BCUT2D eigenvalue weighted by atomic mass is 9.75. The maximum absolute atomic E-state index is 11.8. The minimum absolute atomic E-state index is 0.185. The Bertz CT molecular complexity index is 390. The van der Waals surface area contributed by atoms with E-state index in [0.29, 0.717) is 0 Å². The molecule has 0 bridgehead atoms. The molecule has 0 radical (unpaired) electrons. The first-order chi connectivity index (χ1) is 10.9. The molecule has 0 N–H and O–H groups in total. The minimum atomic E-state index is -0.690.